The lowest BCUT2D eigenvalue weighted by Crippen LogP contribution is -2.13. The molecule has 0 unspecified atom stereocenters. The summed E-state index contributed by atoms with van der Waals surface area (Å²) in [5, 5.41) is 8.42. The standard InChI is InChI=1S/C22H29N/c1-2-8-19-10-14-21(15-11-19)22-16-12-20(13-17-22)9-6-4-3-5-7-18-23/h3-5,7,10-11,14-15,20,22H,2,6,8-9,12-13,16-17H2,1H3. The molecule has 0 amide bonds. The first-order valence-corrected chi connectivity index (χ1v) is 9.13. The molecule has 0 bridgehead atoms. The van der Waals surface area contributed by atoms with Gasteiger partial charge in [0.2, 0.25) is 0 Å². The van der Waals surface area contributed by atoms with Gasteiger partial charge in [0.25, 0.3) is 0 Å². The second-order valence-electron chi connectivity index (χ2n) is 6.70. The van der Waals surface area contributed by atoms with E-state index in [9.17, 15) is 0 Å². The van der Waals surface area contributed by atoms with Gasteiger partial charge in [-0.15, -0.1) is 0 Å². The highest BCUT2D eigenvalue weighted by molar-refractivity contribution is 5.25. The normalized spacial score (nSPS) is 21.7. The lowest BCUT2D eigenvalue weighted by Gasteiger charge is -2.28. The van der Waals surface area contributed by atoms with E-state index in [1.165, 1.54) is 56.6 Å². The molecule has 0 radical (unpaired) electrons. The van der Waals surface area contributed by atoms with Crippen LogP contribution in [0.2, 0.25) is 0 Å². The van der Waals surface area contributed by atoms with Gasteiger partial charge in [-0.05, 0) is 67.9 Å². The first-order valence-electron chi connectivity index (χ1n) is 9.13. The van der Waals surface area contributed by atoms with Crippen LogP contribution in [0.25, 0.3) is 0 Å². The molecule has 1 heteroatoms. The maximum absolute atomic E-state index is 8.42. The molecule has 1 aliphatic rings. The molecule has 1 fully saturated rings. The molecule has 2 rings (SSSR count). The van der Waals surface area contributed by atoms with Crippen LogP contribution in [0.5, 0.6) is 0 Å². The Labute approximate surface area is 141 Å². The second kappa shape index (κ2) is 10.1. The molecule has 0 heterocycles. The monoisotopic (exact) mass is 307 g/mol. The van der Waals surface area contributed by atoms with E-state index in [2.05, 4.69) is 37.3 Å². The number of hydrogen-bond donors (Lipinski definition) is 0. The SMILES string of the molecule is CCCc1ccc(C2CCC(CCC=CC=CC#N)CC2)cc1. The molecule has 0 aliphatic heterocycles. The van der Waals surface area contributed by atoms with Crippen molar-refractivity contribution in [2.24, 2.45) is 5.92 Å². The average molecular weight is 307 g/mol. The molecular formula is C22H29N. The maximum Gasteiger partial charge on any atom is 0.0912 e. The van der Waals surface area contributed by atoms with E-state index in [-0.39, 0.29) is 0 Å². The van der Waals surface area contributed by atoms with Crippen LogP contribution in [-0.2, 0) is 6.42 Å². The summed E-state index contributed by atoms with van der Waals surface area (Å²) in [5.41, 5.74) is 3.02. The van der Waals surface area contributed by atoms with Gasteiger partial charge in [0.05, 0.1) is 6.07 Å². The summed E-state index contributed by atoms with van der Waals surface area (Å²) in [6.07, 6.45) is 17.8. The first-order chi connectivity index (χ1) is 11.3. The summed E-state index contributed by atoms with van der Waals surface area (Å²) < 4.78 is 0. The summed E-state index contributed by atoms with van der Waals surface area (Å²) >= 11 is 0. The van der Waals surface area contributed by atoms with Crippen molar-refractivity contribution in [1.82, 2.24) is 0 Å². The zero-order valence-electron chi connectivity index (χ0n) is 14.4. The third-order valence-corrected chi connectivity index (χ3v) is 5.00. The Morgan fingerprint density at radius 1 is 1.09 bits per heavy atom. The molecule has 0 atom stereocenters. The number of nitriles is 1. The van der Waals surface area contributed by atoms with Crippen LogP contribution in [0.3, 0.4) is 0 Å². The van der Waals surface area contributed by atoms with Gasteiger partial charge in [-0.1, -0.05) is 55.8 Å². The third kappa shape index (κ3) is 6.06. The van der Waals surface area contributed by atoms with Crippen molar-refractivity contribution in [1.29, 1.82) is 5.26 Å². The van der Waals surface area contributed by atoms with E-state index in [0.717, 1.165) is 18.3 Å². The Hall–Kier alpha value is -1.81. The van der Waals surface area contributed by atoms with Crippen molar-refractivity contribution in [3.63, 3.8) is 0 Å². The van der Waals surface area contributed by atoms with Crippen LogP contribution >= 0.6 is 0 Å². The largest absolute Gasteiger partial charge is 0.193 e. The topological polar surface area (TPSA) is 23.8 Å². The quantitative estimate of drug-likeness (QED) is 0.426. The number of aryl methyl sites for hydroxylation is 1. The highest BCUT2D eigenvalue weighted by Crippen LogP contribution is 2.37. The fourth-order valence-corrected chi connectivity index (χ4v) is 3.63. The van der Waals surface area contributed by atoms with Gasteiger partial charge >= 0.3 is 0 Å². The average Bonchev–Trinajstić information content (AvgIpc) is 2.60. The molecule has 1 aliphatic carbocycles. The van der Waals surface area contributed by atoms with Crippen LogP contribution < -0.4 is 0 Å². The summed E-state index contributed by atoms with van der Waals surface area (Å²) in [7, 11) is 0. The Morgan fingerprint density at radius 2 is 1.83 bits per heavy atom. The van der Waals surface area contributed by atoms with Gasteiger partial charge in [0.1, 0.15) is 0 Å². The highest BCUT2D eigenvalue weighted by Gasteiger charge is 2.21. The molecule has 122 valence electrons. The Balaban J connectivity index is 1.72. The number of allylic oxidation sites excluding steroid dienone is 4. The van der Waals surface area contributed by atoms with Gasteiger partial charge in [-0.25, -0.2) is 0 Å². The Morgan fingerprint density at radius 3 is 2.48 bits per heavy atom. The molecule has 23 heavy (non-hydrogen) atoms. The molecule has 1 saturated carbocycles. The smallest absolute Gasteiger partial charge is 0.0912 e. The van der Waals surface area contributed by atoms with Crippen LogP contribution in [0, 0.1) is 17.2 Å². The number of rotatable bonds is 7. The lowest BCUT2D eigenvalue weighted by atomic mass is 9.77. The van der Waals surface area contributed by atoms with Crippen molar-refractivity contribution in [2.45, 2.75) is 64.2 Å². The number of benzene rings is 1. The van der Waals surface area contributed by atoms with E-state index in [4.69, 9.17) is 5.26 Å². The first kappa shape index (κ1) is 17.5. The molecule has 1 aromatic rings. The fourth-order valence-electron chi connectivity index (χ4n) is 3.63. The highest BCUT2D eigenvalue weighted by atomic mass is 14.3. The number of hydrogen-bond acceptors (Lipinski definition) is 1. The van der Waals surface area contributed by atoms with Crippen LogP contribution in [0.15, 0.2) is 48.6 Å². The van der Waals surface area contributed by atoms with Crippen LogP contribution in [0.1, 0.15) is 68.9 Å². The number of nitrogens with zero attached hydrogens (tertiary/aromatic N) is 1. The summed E-state index contributed by atoms with van der Waals surface area (Å²) in [6.45, 7) is 2.24. The summed E-state index contributed by atoms with van der Waals surface area (Å²) in [6, 6.07) is 11.4. The van der Waals surface area contributed by atoms with E-state index in [0.29, 0.717) is 0 Å². The minimum Gasteiger partial charge on any atom is -0.193 e. The summed E-state index contributed by atoms with van der Waals surface area (Å²) in [4.78, 5) is 0. The molecular weight excluding hydrogens is 278 g/mol. The van der Waals surface area contributed by atoms with Crippen LogP contribution in [-0.4, -0.2) is 0 Å². The van der Waals surface area contributed by atoms with E-state index in [1.807, 2.05) is 18.2 Å². The fraction of sp³-hybridized carbons (Fsp3) is 0.500. The Kier molecular flexibility index (Phi) is 7.67. The van der Waals surface area contributed by atoms with Crippen molar-refractivity contribution < 1.29 is 0 Å². The van der Waals surface area contributed by atoms with Crippen molar-refractivity contribution in [3.8, 4) is 6.07 Å². The van der Waals surface area contributed by atoms with E-state index >= 15 is 0 Å². The van der Waals surface area contributed by atoms with Crippen molar-refractivity contribution in [3.05, 3.63) is 59.7 Å². The minimum atomic E-state index is 0.774. The van der Waals surface area contributed by atoms with E-state index in [1.54, 1.807) is 5.56 Å². The maximum atomic E-state index is 8.42. The van der Waals surface area contributed by atoms with Gasteiger partial charge in [-0.3, -0.25) is 0 Å². The zero-order valence-corrected chi connectivity index (χ0v) is 14.4. The van der Waals surface area contributed by atoms with Gasteiger partial charge in [-0.2, -0.15) is 5.26 Å². The van der Waals surface area contributed by atoms with Crippen LogP contribution in [0.4, 0.5) is 0 Å². The van der Waals surface area contributed by atoms with E-state index < -0.39 is 0 Å². The molecule has 1 nitrogen and oxygen atoms in total. The van der Waals surface area contributed by atoms with Gasteiger partial charge in [0.15, 0.2) is 0 Å². The minimum absolute atomic E-state index is 0.774. The third-order valence-electron chi connectivity index (χ3n) is 5.00. The Bertz CT molecular complexity index is 536. The molecule has 1 aromatic carbocycles. The predicted molar refractivity (Wildman–Crippen MR) is 98.3 cm³/mol. The molecule has 0 aromatic heterocycles. The lowest BCUT2D eigenvalue weighted by molar-refractivity contribution is 0.312. The van der Waals surface area contributed by atoms with Gasteiger partial charge < -0.3 is 0 Å². The second-order valence-corrected chi connectivity index (χ2v) is 6.70. The predicted octanol–water partition coefficient (Wildman–Crippen LogP) is 6.33. The zero-order chi connectivity index (χ0) is 16.3. The van der Waals surface area contributed by atoms with Crippen molar-refractivity contribution >= 4 is 0 Å². The molecule has 0 saturated heterocycles. The molecule has 0 N–H and O–H groups in total. The molecule has 0 spiro atoms. The van der Waals surface area contributed by atoms with Crippen molar-refractivity contribution in [2.75, 3.05) is 0 Å². The van der Waals surface area contributed by atoms with Gasteiger partial charge in [0, 0.05) is 6.08 Å². The summed E-state index contributed by atoms with van der Waals surface area (Å²) in [5.74, 6) is 1.66.